The van der Waals surface area contributed by atoms with E-state index in [2.05, 4.69) is 44.8 Å². The van der Waals surface area contributed by atoms with Crippen molar-refractivity contribution in [3.8, 4) is 16.9 Å². The van der Waals surface area contributed by atoms with Gasteiger partial charge in [-0.05, 0) is 66.4 Å². The summed E-state index contributed by atoms with van der Waals surface area (Å²) in [6.07, 6.45) is 1.56. The summed E-state index contributed by atoms with van der Waals surface area (Å²) in [7, 11) is 0. The maximum atomic E-state index is 12.5. The number of hydrogen-bond acceptors (Lipinski definition) is 6. The number of aliphatic hydroxyl groups is 1. The second-order valence-electron chi connectivity index (χ2n) is 10.4. The standard InChI is InChI=1S/C32H36N4O4/c37-28-11-9-26(27-10-12-31(40)35-32(27)28)29(38)21-33-25-13-16-36(17-14-25)18-15-30(39)34-20-22-5-4-8-24(19-22)23-6-2-1-3-7-23/h1-12,19,25,29,33,37-38H,13-18,20-21H2,(H,34,39)(H,35,40)/t29-/m0/s1. The number of likely N-dealkylation sites (tertiary alicyclic amines) is 1. The Hall–Kier alpha value is -3.98. The maximum absolute atomic E-state index is 12.5. The molecule has 3 aromatic carbocycles. The summed E-state index contributed by atoms with van der Waals surface area (Å²) in [5.41, 5.74) is 4.08. The number of phenols is 1. The number of nitrogens with one attached hydrogen (secondary N) is 3. The van der Waals surface area contributed by atoms with Crippen LogP contribution in [0.25, 0.3) is 22.0 Å². The van der Waals surface area contributed by atoms with Gasteiger partial charge in [-0.3, -0.25) is 9.59 Å². The highest BCUT2D eigenvalue weighted by Crippen LogP contribution is 2.28. The molecule has 0 spiro atoms. The molecule has 1 aliphatic heterocycles. The van der Waals surface area contributed by atoms with Crippen LogP contribution in [0.3, 0.4) is 0 Å². The van der Waals surface area contributed by atoms with E-state index in [4.69, 9.17) is 0 Å². The fraction of sp³-hybridized carbons (Fsp3) is 0.312. The molecule has 0 bridgehead atoms. The number of H-pyrrole nitrogens is 1. The fourth-order valence-corrected chi connectivity index (χ4v) is 5.34. The third-order valence-corrected chi connectivity index (χ3v) is 7.63. The van der Waals surface area contributed by atoms with E-state index in [9.17, 15) is 19.8 Å². The summed E-state index contributed by atoms with van der Waals surface area (Å²) in [5.74, 6) is 0.0332. The Morgan fingerprint density at radius 1 is 0.975 bits per heavy atom. The van der Waals surface area contributed by atoms with Gasteiger partial charge in [0.2, 0.25) is 11.5 Å². The second kappa shape index (κ2) is 12.9. The average Bonchev–Trinajstić information content (AvgIpc) is 2.99. The Labute approximate surface area is 233 Å². The van der Waals surface area contributed by atoms with Crippen LogP contribution in [-0.4, -0.2) is 58.2 Å². The van der Waals surface area contributed by atoms with Gasteiger partial charge >= 0.3 is 0 Å². The van der Waals surface area contributed by atoms with E-state index in [-0.39, 0.29) is 23.3 Å². The van der Waals surface area contributed by atoms with Crippen LogP contribution in [0.5, 0.6) is 5.75 Å². The van der Waals surface area contributed by atoms with Crippen LogP contribution in [0.15, 0.2) is 83.7 Å². The highest BCUT2D eigenvalue weighted by molar-refractivity contribution is 5.87. The van der Waals surface area contributed by atoms with Crippen LogP contribution in [0.1, 0.15) is 36.5 Å². The lowest BCUT2D eigenvalue weighted by molar-refractivity contribution is -0.121. The minimum Gasteiger partial charge on any atom is -0.506 e. The van der Waals surface area contributed by atoms with Crippen molar-refractivity contribution in [2.24, 2.45) is 0 Å². The van der Waals surface area contributed by atoms with Crippen molar-refractivity contribution in [1.82, 2.24) is 20.5 Å². The summed E-state index contributed by atoms with van der Waals surface area (Å²) in [6.45, 7) is 3.40. The topological polar surface area (TPSA) is 118 Å². The smallest absolute Gasteiger partial charge is 0.248 e. The molecule has 1 amide bonds. The Balaban J connectivity index is 1.03. The minimum absolute atomic E-state index is 0.0186. The van der Waals surface area contributed by atoms with E-state index in [0.717, 1.165) is 49.2 Å². The van der Waals surface area contributed by atoms with Crippen LogP contribution in [-0.2, 0) is 11.3 Å². The van der Waals surface area contributed by atoms with E-state index in [1.807, 2.05) is 30.3 Å². The van der Waals surface area contributed by atoms with Crippen molar-refractivity contribution in [2.75, 3.05) is 26.2 Å². The average molecular weight is 541 g/mol. The first kappa shape index (κ1) is 27.6. The van der Waals surface area contributed by atoms with Gasteiger partial charge in [0, 0.05) is 43.5 Å². The summed E-state index contributed by atoms with van der Waals surface area (Å²) in [5, 5.41) is 28.0. The number of carbonyl (C=O) groups excluding carboxylic acids is 1. The summed E-state index contributed by atoms with van der Waals surface area (Å²) in [4.78, 5) is 29.1. The predicted octanol–water partition coefficient (Wildman–Crippen LogP) is 3.69. The SMILES string of the molecule is O=C(CCN1CCC(NC[C@H](O)c2ccc(O)c3[nH]c(=O)ccc23)CC1)NCc1cccc(-c2ccccc2)c1. The molecule has 0 saturated carbocycles. The number of aliphatic hydroxyl groups excluding tert-OH is 1. The van der Waals surface area contributed by atoms with Crippen LogP contribution in [0.4, 0.5) is 0 Å². The molecule has 5 N–H and O–H groups in total. The highest BCUT2D eigenvalue weighted by Gasteiger charge is 2.21. The molecule has 0 unspecified atom stereocenters. The number of aromatic amines is 1. The highest BCUT2D eigenvalue weighted by atomic mass is 16.3. The van der Waals surface area contributed by atoms with Crippen LogP contribution >= 0.6 is 0 Å². The van der Waals surface area contributed by atoms with Gasteiger partial charge < -0.3 is 30.7 Å². The van der Waals surface area contributed by atoms with Gasteiger partial charge in [0.15, 0.2) is 0 Å². The minimum atomic E-state index is -0.774. The third-order valence-electron chi connectivity index (χ3n) is 7.63. The number of nitrogens with zero attached hydrogens (tertiary/aromatic N) is 1. The lowest BCUT2D eigenvalue weighted by Gasteiger charge is -2.32. The van der Waals surface area contributed by atoms with Crippen molar-refractivity contribution in [1.29, 1.82) is 0 Å². The number of amides is 1. The number of phenolic OH excluding ortho intramolecular Hbond substituents is 1. The first-order valence-corrected chi connectivity index (χ1v) is 13.9. The number of carbonyl (C=O) groups is 1. The summed E-state index contributed by atoms with van der Waals surface area (Å²) < 4.78 is 0. The van der Waals surface area contributed by atoms with Crippen molar-refractivity contribution >= 4 is 16.8 Å². The van der Waals surface area contributed by atoms with Gasteiger partial charge in [-0.2, -0.15) is 0 Å². The third kappa shape index (κ3) is 6.96. The lowest BCUT2D eigenvalue weighted by atomic mass is 10.0. The Bertz CT molecular complexity index is 1500. The van der Waals surface area contributed by atoms with Gasteiger partial charge in [-0.1, -0.05) is 54.6 Å². The molecule has 208 valence electrons. The molecule has 0 aliphatic carbocycles. The molecule has 8 heteroatoms. The number of aromatic hydroxyl groups is 1. The van der Waals surface area contributed by atoms with Crippen molar-refractivity contribution < 1.29 is 15.0 Å². The van der Waals surface area contributed by atoms with Crippen LogP contribution in [0, 0.1) is 0 Å². The molecule has 8 nitrogen and oxygen atoms in total. The quantitative estimate of drug-likeness (QED) is 0.209. The Kier molecular flexibility index (Phi) is 8.91. The van der Waals surface area contributed by atoms with E-state index in [1.165, 1.54) is 12.1 Å². The molecule has 2 heterocycles. The molecule has 5 rings (SSSR count). The van der Waals surface area contributed by atoms with Gasteiger partial charge in [0.05, 0.1) is 11.6 Å². The second-order valence-corrected chi connectivity index (χ2v) is 10.4. The molecular weight excluding hydrogens is 504 g/mol. The summed E-state index contributed by atoms with van der Waals surface area (Å²) in [6, 6.07) is 25.0. The number of hydrogen-bond donors (Lipinski definition) is 5. The van der Waals surface area contributed by atoms with E-state index in [1.54, 1.807) is 12.1 Å². The monoisotopic (exact) mass is 540 g/mol. The zero-order chi connectivity index (χ0) is 27.9. The zero-order valence-corrected chi connectivity index (χ0v) is 22.5. The molecular formula is C32H36N4O4. The van der Waals surface area contributed by atoms with Crippen molar-refractivity contribution in [3.63, 3.8) is 0 Å². The molecule has 1 fully saturated rings. The zero-order valence-electron chi connectivity index (χ0n) is 22.5. The molecule has 40 heavy (non-hydrogen) atoms. The molecule has 1 aromatic heterocycles. The number of aromatic nitrogens is 1. The van der Waals surface area contributed by atoms with Crippen LogP contribution < -0.4 is 16.2 Å². The number of pyridine rings is 1. The van der Waals surface area contributed by atoms with Crippen LogP contribution in [0.2, 0.25) is 0 Å². The number of benzene rings is 3. The molecule has 1 atom stereocenters. The van der Waals surface area contributed by atoms with Gasteiger partial charge in [0.25, 0.3) is 0 Å². The predicted molar refractivity (Wildman–Crippen MR) is 157 cm³/mol. The van der Waals surface area contributed by atoms with E-state index in [0.29, 0.717) is 36.0 Å². The Morgan fingerprint density at radius 3 is 2.55 bits per heavy atom. The number of rotatable bonds is 10. The molecule has 0 radical (unpaired) electrons. The molecule has 1 saturated heterocycles. The van der Waals surface area contributed by atoms with Gasteiger partial charge in [0.1, 0.15) is 5.75 Å². The lowest BCUT2D eigenvalue weighted by Crippen LogP contribution is -2.44. The maximum Gasteiger partial charge on any atom is 0.248 e. The normalized spacial score (nSPS) is 15.2. The summed E-state index contributed by atoms with van der Waals surface area (Å²) >= 11 is 0. The molecule has 4 aromatic rings. The van der Waals surface area contributed by atoms with E-state index >= 15 is 0 Å². The van der Waals surface area contributed by atoms with Gasteiger partial charge in [-0.25, -0.2) is 0 Å². The first-order valence-electron chi connectivity index (χ1n) is 13.9. The number of fused-ring (bicyclic) bond motifs is 1. The van der Waals surface area contributed by atoms with Crippen molar-refractivity contribution in [3.05, 3.63) is 100 Å². The fourth-order valence-electron chi connectivity index (χ4n) is 5.34. The number of piperidine rings is 1. The largest absolute Gasteiger partial charge is 0.506 e. The van der Waals surface area contributed by atoms with E-state index < -0.39 is 6.10 Å². The Morgan fingerprint density at radius 2 is 1.75 bits per heavy atom. The van der Waals surface area contributed by atoms with Crippen molar-refractivity contribution in [2.45, 2.75) is 38.0 Å². The van der Waals surface area contributed by atoms with Gasteiger partial charge in [-0.15, -0.1) is 0 Å². The first-order chi connectivity index (χ1) is 19.5. The molecule has 1 aliphatic rings.